The van der Waals surface area contributed by atoms with Gasteiger partial charge >= 0.3 is 5.97 Å². The third kappa shape index (κ3) is 13.1. The average molecular weight is 516 g/mol. The van der Waals surface area contributed by atoms with Gasteiger partial charge in [-0.1, -0.05) is 13.8 Å². The van der Waals surface area contributed by atoms with Crippen molar-refractivity contribution in [2.45, 2.75) is 70.1 Å². The molecule has 0 aromatic rings. The van der Waals surface area contributed by atoms with Crippen LogP contribution in [0.3, 0.4) is 0 Å². The maximum Gasteiger partial charge on any atom is 0.326 e. The van der Waals surface area contributed by atoms with Crippen molar-refractivity contribution in [3.63, 3.8) is 0 Å². The number of hydrogen-bond acceptors (Lipinski definition) is 8. The normalized spacial score (nSPS) is 14.0. The van der Waals surface area contributed by atoms with E-state index in [9.17, 15) is 33.9 Å². The third-order valence-corrected chi connectivity index (χ3v) is 4.88. The fraction of sp³-hybridized carbons (Fsp3) is 0.650. The number of nitrogens with two attached hydrogens (primary N) is 5. The van der Waals surface area contributed by atoms with Crippen LogP contribution in [-0.2, 0) is 28.8 Å². The van der Waals surface area contributed by atoms with E-state index in [0.29, 0.717) is 0 Å². The standard InChI is InChI=1S/C20H37N9O7/c1-9(2)15(29-16(32)10(21)8-14(23)31)18(34)27-11(5-6-13(22)30)17(33)28-12(19(35)36)4-3-7-26-20(24)25/h9-12,15H,3-8,21H2,1-2H3,(H2,22,30)(H2,23,31)(H,27,34)(H,28,33)(H,29,32)(H,35,36)(H4,24,25,26). The van der Waals surface area contributed by atoms with E-state index >= 15 is 0 Å². The molecule has 0 aliphatic rings. The lowest BCUT2D eigenvalue weighted by Crippen LogP contribution is -2.58. The molecule has 4 atom stereocenters. The van der Waals surface area contributed by atoms with Crippen molar-refractivity contribution in [1.29, 1.82) is 0 Å². The number of carboxylic acid groups (broad SMARTS) is 1. The van der Waals surface area contributed by atoms with Crippen LogP contribution in [0.1, 0.15) is 46.0 Å². The second kappa shape index (κ2) is 15.9. The zero-order valence-electron chi connectivity index (χ0n) is 20.4. The SMILES string of the molecule is CC(C)C(NC(=O)C(N)CC(N)=O)C(=O)NC(CCC(N)=O)C(=O)NC(CCCN=C(N)N)C(=O)O. The number of nitrogens with zero attached hydrogens (tertiary/aromatic N) is 1. The molecule has 0 fully saturated rings. The van der Waals surface area contributed by atoms with Crippen LogP contribution in [0.5, 0.6) is 0 Å². The Balaban J connectivity index is 5.49. The van der Waals surface area contributed by atoms with Gasteiger partial charge in [0.1, 0.15) is 18.1 Å². The number of primary amides is 2. The van der Waals surface area contributed by atoms with Crippen LogP contribution in [0, 0.1) is 5.92 Å². The second-order valence-corrected chi connectivity index (χ2v) is 8.42. The van der Waals surface area contributed by atoms with Crippen LogP contribution in [0.4, 0.5) is 0 Å². The number of carbonyl (C=O) groups is 6. The molecule has 0 saturated heterocycles. The molecule has 4 unspecified atom stereocenters. The van der Waals surface area contributed by atoms with E-state index in [2.05, 4.69) is 20.9 Å². The molecule has 0 radical (unpaired) electrons. The van der Waals surface area contributed by atoms with E-state index in [0.717, 1.165) is 0 Å². The quantitative estimate of drug-likeness (QED) is 0.0509. The second-order valence-electron chi connectivity index (χ2n) is 8.42. The van der Waals surface area contributed by atoms with Gasteiger partial charge < -0.3 is 49.7 Å². The van der Waals surface area contributed by atoms with E-state index in [-0.39, 0.29) is 38.2 Å². The van der Waals surface area contributed by atoms with Crippen molar-refractivity contribution in [2.75, 3.05) is 6.54 Å². The number of carboxylic acids is 1. The van der Waals surface area contributed by atoms with Crippen molar-refractivity contribution in [1.82, 2.24) is 16.0 Å². The number of aliphatic imine (C=N–C) groups is 1. The Morgan fingerprint density at radius 2 is 1.39 bits per heavy atom. The maximum absolute atomic E-state index is 12.9. The minimum Gasteiger partial charge on any atom is -0.480 e. The van der Waals surface area contributed by atoms with Crippen molar-refractivity contribution in [3.8, 4) is 0 Å². The van der Waals surface area contributed by atoms with Gasteiger partial charge in [0.05, 0.1) is 12.5 Å². The number of aliphatic carboxylic acids is 1. The molecule has 0 aromatic carbocycles. The van der Waals surface area contributed by atoms with Gasteiger partial charge in [0.2, 0.25) is 29.5 Å². The van der Waals surface area contributed by atoms with Gasteiger partial charge in [-0.3, -0.25) is 29.0 Å². The molecular formula is C20H37N9O7. The first-order chi connectivity index (χ1) is 16.6. The Bertz CT molecular complexity index is 843. The molecule has 36 heavy (non-hydrogen) atoms. The Morgan fingerprint density at radius 3 is 1.86 bits per heavy atom. The highest BCUT2D eigenvalue weighted by atomic mass is 16.4. The van der Waals surface area contributed by atoms with Crippen LogP contribution in [-0.4, -0.2) is 77.3 Å². The first kappa shape index (κ1) is 32.0. The van der Waals surface area contributed by atoms with E-state index < -0.39 is 72.0 Å². The summed E-state index contributed by atoms with van der Waals surface area (Å²) in [6.07, 6.45) is -0.741. The fourth-order valence-electron chi connectivity index (χ4n) is 2.95. The highest BCUT2D eigenvalue weighted by Gasteiger charge is 2.32. The van der Waals surface area contributed by atoms with Gasteiger partial charge in [-0.05, 0) is 25.2 Å². The smallest absolute Gasteiger partial charge is 0.326 e. The van der Waals surface area contributed by atoms with Gasteiger partial charge in [-0.25, -0.2) is 4.79 Å². The number of rotatable bonds is 17. The topological polar surface area (TPSA) is 301 Å². The number of amides is 5. The van der Waals surface area contributed by atoms with E-state index in [1.165, 1.54) is 0 Å². The molecular weight excluding hydrogens is 478 g/mol. The Labute approximate surface area is 208 Å². The van der Waals surface area contributed by atoms with Crippen LogP contribution >= 0.6 is 0 Å². The van der Waals surface area contributed by atoms with E-state index in [1.54, 1.807) is 13.8 Å². The molecule has 0 bridgehead atoms. The molecule has 0 aromatic heterocycles. The van der Waals surface area contributed by atoms with Crippen molar-refractivity contribution in [3.05, 3.63) is 0 Å². The maximum atomic E-state index is 12.9. The molecule has 0 rings (SSSR count). The van der Waals surface area contributed by atoms with Crippen molar-refractivity contribution in [2.24, 2.45) is 39.6 Å². The van der Waals surface area contributed by atoms with Gasteiger partial charge in [0, 0.05) is 13.0 Å². The van der Waals surface area contributed by atoms with Gasteiger partial charge in [0.25, 0.3) is 0 Å². The van der Waals surface area contributed by atoms with Crippen LogP contribution < -0.4 is 44.6 Å². The summed E-state index contributed by atoms with van der Waals surface area (Å²) in [6.45, 7) is 3.36. The minimum atomic E-state index is -1.35. The number of carbonyl (C=O) groups excluding carboxylic acids is 5. The lowest BCUT2D eigenvalue weighted by atomic mass is 10.0. The lowest BCUT2D eigenvalue weighted by molar-refractivity contribution is -0.142. The Morgan fingerprint density at radius 1 is 0.806 bits per heavy atom. The highest BCUT2D eigenvalue weighted by molar-refractivity contribution is 5.95. The van der Waals surface area contributed by atoms with Crippen LogP contribution in [0.2, 0.25) is 0 Å². The average Bonchev–Trinajstić information content (AvgIpc) is 2.75. The molecule has 0 aliphatic heterocycles. The predicted molar refractivity (Wildman–Crippen MR) is 128 cm³/mol. The molecule has 0 saturated carbocycles. The van der Waals surface area contributed by atoms with E-state index in [4.69, 9.17) is 28.7 Å². The number of hydrogen-bond donors (Lipinski definition) is 9. The van der Waals surface area contributed by atoms with E-state index in [1.807, 2.05) is 0 Å². The summed E-state index contributed by atoms with van der Waals surface area (Å²) in [6, 6.07) is -5.13. The lowest BCUT2D eigenvalue weighted by Gasteiger charge is -2.26. The summed E-state index contributed by atoms with van der Waals surface area (Å²) in [4.78, 5) is 75.6. The molecule has 0 spiro atoms. The fourth-order valence-corrected chi connectivity index (χ4v) is 2.95. The highest BCUT2D eigenvalue weighted by Crippen LogP contribution is 2.07. The predicted octanol–water partition coefficient (Wildman–Crippen LogP) is -4.30. The summed E-state index contributed by atoms with van der Waals surface area (Å²) in [5.74, 6) is -6.01. The summed E-state index contributed by atoms with van der Waals surface area (Å²) in [7, 11) is 0. The number of guanidine groups is 1. The molecule has 16 nitrogen and oxygen atoms in total. The molecule has 204 valence electrons. The van der Waals surface area contributed by atoms with Gasteiger partial charge in [-0.2, -0.15) is 0 Å². The number of nitrogens with one attached hydrogen (secondary N) is 3. The molecule has 5 amide bonds. The summed E-state index contributed by atoms with van der Waals surface area (Å²) in [5.41, 5.74) is 26.2. The zero-order chi connectivity index (χ0) is 28.0. The van der Waals surface area contributed by atoms with Gasteiger partial charge in [0.15, 0.2) is 5.96 Å². The van der Waals surface area contributed by atoms with Crippen LogP contribution in [0.15, 0.2) is 4.99 Å². The third-order valence-electron chi connectivity index (χ3n) is 4.88. The summed E-state index contributed by atoms with van der Waals surface area (Å²) < 4.78 is 0. The minimum absolute atomic E-state index is 0.0171. The summed E-state index contributed by atoms with van der Waals surface area (Å²) in [5, 5.41) is 16.6. The largest absolute Gasteiger partial charge is 0.480 e. The van der Waals surface area contributed by atoms with Crippen LogP contribution in [0.25, 0.3) is 0 Å². The molecule has 16 heteroatoms. The Kier molecular flexibility index (Phi) is 14.1. The molecule has 0 heterocycles. The zero-order valence-corrected chi connectivity index (χ0v) is 20.4. The first-order valence-electron chi connectivity index (χ1n) is 11.2. The Hall–Kier alpha value is -3.95. The van der Waals surface area contributed by atoms with Gasteiger partial charge in [-0.15, -0.1) is 0 Å². The molecule has 0 aliphatic carbocycles. The van der Waals surface area contributed by atoms with Crippen molar-refractivity contribution >= 4 is 41.5 Å². The monoisotopic (exact) mass is 515 g/mol. The first-order valence-corrected chi connectivity index (χ1v) is 11.2. The summed E-state index contributed by atoms with van der Waals surface area (Å²) >= 11 is 0. The molecule has 14 N–H and O–H groups in total. The van der Waals surface area contributed by atoms with Crippen molar-refractivity contribution < 1.29 is 33.9 Å².